The van der Waals surface area contributed by atoms with Crippen molar-refractivity contribution >= 4 is 27.4 Å². The van der Waals surface area contributed by atoms with Gasteiger partial charge >= 0.3 is 5.97 Å². The lowest BCUT2D eigenvalue weighted by molar-refractivity contribution is -0.119. The molecule has 1 N–H and O–H groups in total. The van der Waals surface area contributed by atoms with Crippen molar-refractivity contribution in [1.82, 2.24) is 0 Å². The number of ether oxygens (including phenoxy) is 1. The zero-order valence-electron chi connectivity index (χ0n) is 11.7. The fourth-order valence-electron chi connectivity index (χ4n) is 2.15. The van der Waals surface area contributed by atoms with Gasteiger partial charge in [-0.15, -0.1) is 0 Å². The Kier molecular flexibility index (Phi) is 4.62. The normalized spacial score (nSPS) is 20.0. The monoisotopic (exact) mass is 311 g/mol. The molecule has 0 unspecified atom stereocenters. The van der Waals surface area contributed by atoms with Crippen LogP contribution >= 0.6 is 0 Å². The summed E-state index contributed by atoms with van der Waals surface area (Å²) < 4.78 is 27.6. The average Bonchev–Trinajstić information content (AvgIpc) is 2.80. The molecule has 1 aromatic carbocycles. The summed E-state index contributed by atoms with van der Waals surface area (Å²) in [7, 11) is -3.08. The number of carbonyl (C=O) groups excluding carboxylic acids is 2. The number of nitrogens with one attached hydrogen (secondary N) is 1. The van der Waals surface area contributed by atoms with E-state index >= 15 is 0 Å². The summed E-state index contributed by atoms with van der Waals surface area (Å²) in [5.74, 6) is -1.26. The van der Waals surface area contributed by atoms with Crippen LogP contribution in [0.4, 0.5) is 5.69 Å². The van der Waals surface area contributed by atoms with E-state index in [2.05, 4.69) is 5.32 Å². The van der Waals surface area contributed by atoms with Crippen molar-refractivity contribution in [2.24, 2.45) is 5.92 Å². The van der Waals surface area contributed by atoms with E-state index in [1.807, 2.05) is 0 Å². The molecule has 1 aliphatic heterocycles. The molecule has 1 aromatic rings. The second kappa shape index (κ2) is 6.26. The molecule has 0 aromatic heterocycles. The predicted molar refractivity (Wildman–Crippen MR) is 77.8 cm³/mol. The summed E-state index contributed by atoms with van der Waals surface area (Å²) in [6, 6.07) is 6.29. The molecule has 0 saturated carbocycles. The molecule has 7 heteroatoms. The van der Waals surface area contributed by atoms with E-state index in [1.54, 1.807) is 31.2 Å². The molecule has 1 aliphatic rings. The zero-order valence-corrected chi connectivity index (χ0v) is 12.5. The van der Waals surface area contributed by atoms with Gasteiger partial charge in [0.05, 0.1) is 29.6 Å². The van der Waals surface area contributed by atoms with E-state index in [1.165, 1.54) is 0 Å². The molecule has 1 atom stereocenters. The summed E-state index contributed by atoms with van der Waals surface area (Å²) in [4.78, 5) is 23.4. The van der Waals surface area contributed by atoms with E-state index in [-0.39, 0.29) is 17.4 Å². The van der Waals surface area contributed by atoms with Crippen LogP contribution in [0.25, 0.3) is 0 Å². The van der Waals surface area contributed by atoms with Gasteiger partial charge in [0.1, 0.15) is 0 Å². The van der Waals surface area contributed by atoms with Gasteiger partial charge in [-0.25, -0.2) is 13.2 Å². The zero-order chi connectivity index (χ0) is 15.5. The van der Waals surface area contributed by atoms with Crippen LogP contribution in [0.5, 0.6) is 0 Å². The van der Waals surface area contributed by atoms with Gasteiger partial charge in [0.2, 0.25) is 5.91 Å². The molecular weight excluding hydrogens is 294 g/mol. The number of amides is 1. The summed E-state index contributed by atoms with van der Waals surface area (Å²) in [6.07, 6.45) is 0.356. The fraction of sp³-hybridized carbons (Fsp3) is 0.429. The van der Waals surface area contributed by atoms with Gasteiger partial charge < -0.3 is 10.1 Å². The first-order valence-corrected chi connectivity index (χ1v) is 8.52. The third kappa shape index (κ3) is 4.04. The number of rotatable bonds is 4. The first-order chi connectivity index (χ1) is 9.91. The Hall–Kier alpha value is -1.89. The van der Waals surface area contributed by atoms with Crippen molar-refractivity contribution in [2.45, 2.75) is 13.3 Å². The van der Waals surface area contributed by atoms with Crippen LogP contribution < -0.4 is 5.32 Å². The largest absolute Gasteiger partial charge is 0.462 e. The van der Waals surface area contributed by atoms with Gasteiger partial charge in [-0.1, -0.05) is 0 Å². The topological polar surface area (TPSA) is 89.5 Å². The Bertz CT molecular complexity index is 636. The van der Waals surface area contributed by atoms with Crippen LogP contribution in [-0.4, -0.2) is 38.4 Å². The Labute approximate surface area is 123 Å². The third-order valence-electron chi connectivity index (χ3n) is 3.27. The number of sulfone groups is 1. The maximum atomic E-state index is 12.0. The average molecular weight is 311 g/mol. The van der Waals surface area contributed by atoms with Gasteiger partial charge in [0.25, 0.3) is 0 Å². The molecule has 0 aliphatic carbocycles. The van der Waals surface area contributed by atoms with E-state index in [9.17, 15) is 18.0 Å². The molecule has 6 nitrogen and oxygen atoms in total. The Morgan fingerprint density at radius 1 is 1.29 bits per heavy atom. The molecule has 1 heterocycles. The van der Waals surface area contributed by atoms with Crippen LogP contribution in [0.3, 0.4) is 0 Å². The van der Waals surface area contributed by atoms with E-state index in [4.69, 9.17) is 4.74 Å². The molecule has 21 heavy (non-hydrogen) atoms. The van der Waals surface area contributed by atoms with Crippen molar-refractivity contribution in [1.29, 1.82) is 0 Å². The minimum Gasteiger partial charge on any atom is -0.462 e. The summed E-state index contributed by atoms with van der Waals surface area (Å²) in [6.45, 7) is 2.02. The summed E-state index contributed by atoms with van der Waals surface area (Å²) in [5.41, 5.74) is 0.927. The Balaban J connectivity index is 1.97. The maximum absolute atomic E-state index is 12.0. The van der Waals surface area contributed by atoms with Gasteiger partial charge in [0, 0.05) is 5.69 Å². The molecule has 2 rings (SSSR count). The SMILES string of the molecule is CCOC(=O)c1ccc(NC(=O)[C@H]2CCS(=O)(=O)C2)cc1. The van der Waals surface area contributed by atoms with Crippen LogP contribution in [0.15, 0.2) is 24.3 Å². The highest BCUT2D eigenvalue weighted by Crippen LogP contribution is 2.20. The highest BCUT2D eigenvalue weighted by Gasteiger charge is 2.32. The lowest BCUT2D eigenvalue weighted by atomic mass is 10.1. The molecule has 0 radical (unpaired) electrons. The second-order valence-electron chi connectivity index (χ2n) is 4.89. The highest BCUT2D eigenvalue weighted by atomic mass is 32.2. The molecule has 1 fully saturated rings. The van der Waals surface area contributed by atoms with Crippen LogP contribution in [-0.2, 0) is 19.4 Å². The third-order valence-corrected chi connectivity index (χ3v) is 5.03. The number of benzene rings is 1. The number of carbonyl (C=O) groups is 2. The lowest BCUT2D eigenvalue weighted by Gasteiger charge is -2.10. The molecule has 1 saturated heterocycles. The minimum absolute atomic E-state index is 0.0624. The van der Waals surface area contributed by atoms with Gasteiger partial charge in [0.15, 0.2) is 9.84 Å². The fourth-order valence-corrected chi connectivity index (χ4v) is 3.89. The van der Waals surface area contributed by atoms with Crippen molar-refractivity contribution in [2.75, 3.05) is 23.4 Å². The van der Waals surface area contributed by atoms with Crippen LogP contribution in [0.2, 0.25) is 0 Å². The smallest absolute Gasteiger partial charge is 0.338 e. The van der Waals surface area contributed by atoms with Crippen LogP contribution in [0, 0.1) is 5.92 Å². The minimum atomic E-state index is -3.08. The number of esters is 1. The molecule has 0 bridgehead atoms. The first-order valence-electron chi connectivity index (χ1n) is 6.70. The quantitative estimate of drug-likeness (QED) is 0.845. The van der Waals surface area contributed by atoms with E-state index in [0.29, 0.717) is 24.3 Å². The van der Waals surface area contributed by atoms with Gasteiger partial charge in [-0.3, -0.25) is 4.79 Å². The Morgan fingerprint density at radius 2 is 1.95 bits per heavy atom. The second-order valence-corrected chi connectivity index (χ2v) is 7.12. The number of hydrogen-bond donors (Lipinski definition) is 1. The standard InChI is InChI=1S/C14H17NO5S/c1-2-20-14(17)10-3-5-12(6-4-10)15-13(16)11-7-8-21(18,19)9-11/h3-6,11H,2,7-9H2,1H3,(H,15,16)/t11-/m0/s1. The first kappa shape index (κ1) is 15.5. The molecule has 0 spiro atoms. The van der Waals surface area contributed by atoms with E-state index in [0.717, 1.165) is 0 Å². The predicted octanol–water partition coefficient (Wildman–Crippen LogP) is 1.24. The van der Waals surface area contributed by atoms with Crippen LogP contribution in [0.1, 0.15) is 23.7 Å². The maximum Gasteiger partial charge on any atom is 0.338 e. The van der Waals surface area contributed by atoms with E-state index < -0.39 is 21.7 Å². The molecular formula is C14H17NO5S. The van der Waals surface area contributed by atoms with Crippen molar-refractivity contribution < 1.29 is 22.7 Å². The van der Waals surface area contributed by atoms with Crippen molar-refractivity contribution in [3.05, 3.63) is 29.8 Å². The van der Waals surface area contributed by atoms with Crippen molar-refractivity contribution in [3.63, 3.8) is 0 Å². The van der Waals surface area contributed by atoms with Crippen molar-refractivity contribution in [3.8, 4) is 0 Å². The molecule has 114 valence electrons. The highest BCUT2D eigenvalue weighted by molar-refractivity contribution is 7.91. The van der Waals surface area contributed by atoms with Gasteiger partial charge in [-0.2, -0.15) is 0 Å². The lowest BCUT2D eigenvalue weighted by Crippen LogP contribution is -2.23. The number of anilines is 1. The number of hydrogen-bond acceptors (Lipinski definition) is 5. The molecule has 1 amide bonds. The summed E-state index contributed by atoms with van der Waals surface area (Å²) >= 11 is 0. The Morgan fingerprint density at radius 3 is 2.48 bits per heavy atom. The summed E-state index contributed by atoms with van der Waals surface area (Å²) in [5, 5.41) is 2.66. The van der Waals surface area contributed by atoms with Gasteiger partial charge in [-0.05, 0) is 37.6 Å².